The first kappa shape index (κ1) is 12.2. The Bertz CT molecular complexity index is 550. The fraction of sp³-hybridized carbons (Fsp3) is 0.273. The summed E-state index contributed by atoms with van der Waals surface area (Å²) in [7, 11) is 0. The van der Waals surface area contributed by atoms with Crippen LogP contribution in [0.25, 0.3) is 0 Å². The first-order valence-corrected chi connectivity index (χ1v) is 5.54. The molecule has 18 heavy (non-hydrogen) atoms. The molecule has 0 saturated heterocycles. The number of carbonyl (C=O) groups is 1. The SMILES string of the molecule is Cc1cccnc1NC(=O)c1cn(CCN)nn1. The Morgan fingerprint density at radius 1 is 1.56 bits per heavy atom. The van der Waals surface area contributed by atoms with E-state index in [1.807, 2.05) is 19.1 Å². The Labute approximate surface area is 104 Å². The van der Waals surface area contributed by atoms with Crippen molar-refractivity contribution in [3.05, 3.63) is 35.8 Å². The number of amides is 1. The summed E-state index contributed by atoms with van der Waals surface area (Å²) >= 11 is 0. The molecule has 0 atom stereocenters. The predicted octanol–water partition coefficient (Wildman–Crippen LogP) is 0.193. The van der Waals surface area contributed by atoms with Crippen LogP contribution in [-0.2, 0) is 6.54 Å². The lowest BCUT2D eigenvalue weighted by atomic mass is 10.3. The molecule has 0 fully saturated rings. The maximum atomic E-state index is 11.9. The summed E-state index contributed by atoms with van der Waals surface area (Å²) in [6, 6.07) is 3.68. The van der Waals surface area contributed by atoms with E-state index in [1.54, 1.807) is 12.4 Å². The van der Waals surface area contributed by atoms with Gasteiger partial charge in [-0.2, -0.15) is 0 Å². The van der Waals surface area contributed by atoms with E-state index in [9.17, 15) is 4.79 Å². The van der Waals surface area contributed by atoms with Crippen molar-refractivity contribution in [1.29, 1.82) is 0 Å². The van der Waals surface area contributed by atoms with Gasteiger partial charge in [0.05, 0.1) is 12.7 Å². The highest BCUT2D eigenvalue weighted by Gasteiger charge is 2.12. The number of anilines is 1. The molecule has 0 aliphatic carbocycles. The molecule has 0 radical (unpaired) electrons. The molecular formula is C11H14N6O. The van der Waals surface area contributed by atoms with Crippen LogP contribution < -0.4 is 11.1 Å². The summed E-state index contributed by atoms with van der Waals surface area (Å²) in [5.74, 6) is 0.191. The van der Waals surface area contributed by atoms with Gasteiger partial charge in [0.1, 0.15) is 5.82 Å². The first-order chi connectivity index (χ1) is 8.70. The Kier molecular flexibility index (Phi) is 3.63. The van der Waals surface area contributed by atoms with Crippen molar-refractivity contribution < 1.29 is 4.79 Å². The molecule has 2 aromatic heterocycles. The first-order valence-electron chi connectivity index (χ1n) is 5.54. The van der Waals surface area contributed by atoms with Crippen LogP contribution in [0.5, 0.6) is 0 Å². The highest BCUT2D eigenvalue weighted by Crippen LogP contribution is 2.10. The van der Waals surface area contributed by atoms with Gasteiger partial charge in [-0.15, -0.1) is 5.10 Å². The van der Waals surface area contributed by atoms with Crippen molar-refractivity contribution in [1.82, 2.24) is 20.0 Å². The van der Waals surface area contributed by atoms with Gasteiger partial charge in [0.15, 0.2) is 5.69 Å². The Hall–Kier alpha value is -2.28. The molecule has 3 N–H and O–H groups in total. The maximum Gasteiger partial charge on any atom is 0.279 e. The average molecular weight is 246 g/mol. The lowest BCUT2D eigenvalue weighted by Gasteiger charge is -2.04. The van der Waals surface area contributed by atoms with Crippen LogP contribution in [0, 0.1) is 6.92 Å². The van der Waals surface area contributed by atoms with E-state index in [2.05, 4.69) is 20.6 Å². The molecule has 0 aromatic carbocycles. The summed E-state index contributed by atoms with van der Waals surface area (Å²) in [4.78, 5) is 16.0. The Morgan fingerprint density at radius 3 is 3.11 bits per heavy atom. The minimum absolute atomic E-state index is 0.244. The van der Waals surface area contributed by atoms with E-state index in [0.717, 1.165) is 5.56 Å². The number of hydrogen-bond acceptors (Lipinski definition) is 5. The van der Waals surface area contributed by atoms with Crippen LogP contribution >= 0.6 is 0 Å². The largest absolute Gasteiger partial charge is 0.329 e. The van der Waals surface area contributed by atoms with Crippen LogP contribution in [-0.4, -0.2) is 32.4 Å². The van der Waals surface area contributed by atoms with Crippen molar-refractivity contribution in [2.45, 2.75) is 13.5 Å². The quantitative estimate of drug-likeness (QED) is 0.802. The van der Waals surface area contributed by atoms with Crippen molar-refractivity contribution >= 4 is 11.7 Å². The second-order valence-corrected chi connectivity index (χ2v) is 3.78. The molecule has 0 unspecified atom stereocenters. The Balaban J connectivity index is 2.10. The van der Waals surface area contributed by atoms with Gasteiger partial charge < -0.3 is 11.1 Å². The van der Waals surface area contributed by atoms with E-state index in [1.165, 1.54) is 4.68 Å². The fourth-order valence-corrected chi connectivity index (χ4v) is 1.43. The summed E-state index contributed by atoms with van der Waals surface area (Å²) in [6.45, 7) is 2.85. The highest BCUT2D eigenvalue weighted by molar-refractivity contribution is 6.02. The Morgan fingerprint density at radius 2 is 2.39 bits per heavy atom. The number of nitrogens with one attached hydrogen (secondary N) is 1. The van der Waals surface area contributed by atoms with Gasteiger partial charge in [-0.05, 0) is 18.6 Å². The zero-order valence-electron chi connectivity index (χ0n) is 10.00. The normalized spacial score (nSPS) is 10.3. The summed E-state index contributed by atoms with van der Waals surface area (Å²) < 4.78 is 1.53. The van der Waals surface area contributed by atoms with Gasteiger partial charge >= 0.3 is 0 Å². The molecule has 2 heterocycles. The van der Waals surface area contributed by atoms with Gasteiger partial charge in [0.25, 0.3) is 5.91 Å². The van der Waals surface area contributed by atoms with Gasteiger partial charge in [-0.1, -0.05) is 11.3 Å². The molecule has 94 valence electrons. The molecule has 0 bridgehead atoms. The average Bonchev–Trinajstić information content (AvgIpc) is 2.81. The van der Waals surface area contributed by atoms with E-state index in [4.69, 9.17) is 5.73 Å². The molecule has 7 heteroatoms. The number of rotatable bonds is 4. The molecule has 0 aliphatic heterocycles. The third kappa shape index (κ3) is 2.69. The van der Waals surface area contributed by atoms with Crippen LogP contribution in [0.2, 0.25) is 0 Å². The number of nitrogens with zero attached hydrogens (tertiary/aromatic N) is 4. The van der Waals surface area contributed by atoms with E-state index >= 15 is 0 Å². The minimum Gasteiger partial charge on any atom is -0.329 e. The number of aromatic nitrogens is 4. The molecular weight excluding hydrogens is 232 g/mol. The smallest absolute Gasteiger partial charge is 0.279 e. The number of hydrogen-bond donors (Lipinski definition) is 2. The van der Waals surface area contributed by atoms with Crippen molar-refractivity contribution in [3.63, 3.8) is 0 Å². The van der Waals surface area contributed by atoms with E-state index < -0.39 is 0 Å². The standard InChI is InChI=1S/C11H14N6O/c1-8-3-2-5-13-10(8)14-11(18)9-7-17(6-4-12)16-15-9/h2-3,5,7H,4,6,12H2,1H3,(H,13,14,18). The summed E-state index contributed by atoms with van der Waals surface area (Å²) in [5, 5.41) is 10.3. The maximum absolute atomic E-state index is 11.9. The van der Waals surface area contributed by atoms with Crippen molar-refractivity contribution in [2.24, 2.45) is 5.73 Å². The summed E-state index contributed by atoms with van der Waals surface area (Å²) in [5.41, 5.74) is 6.52. The molecule has 2 aromatic rings. The van der Waals surface area contributed by atoms with Crippen molar-refractivity contribution in [2.75, 3.05) is 11.9 Å². The van der Waals surface area contributed by atoms with Gasteiger partial charge in [0, 0.05) is 12.7 Å². The molecule has 0 spiro atoms. The predicted molar refractivity (Wildman–Crippen MR) is 66.0 cm³/mol. The zero-order valence-corrected chi connectivity index (χ0v) is 10.00. The van der Waals surface area contributed by atoms with Crippen LogP contribution in [0.1, 0.15) is 16.1 Å². The molecule has 0 aliphatic rings. The molecule has 1 amide bonds. The van der Waals surface area contributed by atoms with Gasteiger partial charge in [-0.25, -0.2) is 4.98 Å². The number of nitrogens with two attached hydrogens (primary N) is 1. The van der Waals surface area contributed by atoms with Gasteiger partial charge in [-0.3, -0.25) is 9.48 Å². The lowest BCUT2D eigenvalue weighted by molar-refractivity contribution is 0.102. The number of pyridine rings is 1. The van der Waals surface area contributed by atoms with Crippen LogP contribution in [0.3, 0.4) is 0 Å². The highest BCUT2D eigenvalue weighted by atomic mass is 16.2. The second-order valence-electron chi connectivity index (χ2n) is 3.78. The number of carbonyl (C=O) groups excluding carboxylic acids is 1. The third-order valence-corrected chi connectivity index (χ3v) is 2.37. The zero-order chi connectivity index (χ0) is 13.0. The second kappa shape index (κ2) is 5.37. The van der Waals surface area contributed by atoms with Crippen LogP contribution in [0.4, 0.5) is 5.82 Å². The molecule has 7 nitrogen and oxygen atoms in total. The van der Waals surface area contributed by atoms with E-state index in [0.29, 0.717) is 18.9 Å². The van der Waals surface area contributed by atoms with E-state index in [-0.39, 0.29) is 11.6 Å². The number of aryl methyl sites for hydroxylation is 1. The monoisotopic (exact) mass is 246 g/mol. The fourth-order valence-electron chi connectivity index (χ4n) is 1.43. The van der Waals surface area contributed by atoms with Crippen molar-refractivity contribution in [3.8, 4) is 0 Å². The summed E-state index contributed by atoms with van der Waals surface area (Å²) in [6.07, 6.45) is 3.17. The van der Waals surface area contributed by atoms with Gasteiger partial charge in [0.2, 0.25) is 0 Å². The third-order valence-electron chi connectivity index (χ3n) is 2.37. The topological polar surface area (TPSA) is 98.7 Å². The molecule has 2 rings (SSSR count). The lowest BCUT2D eigenvalue weighted by Crippen LogP contribution is -2.14. The molecule has 0 saturated carbocycles. The minimum atomic E-state index is -0.333. The van der Waals surface area contributed by atoms with Crippen LogP contribution in [0.15, 0.2) is 24.5 Å².